The first-order valence-corrected chi connectivity index (χ1v) is 15.0. The molecule has 0 N–H and O–H groups in total. The lowest BCUT2D eigenvalue weighted by molar-refractivity contribution is 0.103. The summed E-state index contributed by atoms with van der Waals surface area (Å²) >= 11 is 0. The van der Waals surface area contributed by atoms with Crippen LogP contribution < -0.4 is 0 Å². The maximum atomic E-state index is 13.2. The van der Waals surface area contributed by atoms with Gasteiger partial charge in [0.1, 0.15) is 0 Å². The van der Waals surface area contributed by atoms with Crippen LogP contribution >= 0.6 is 0 Å². The predicted octanol–water partition coefficient (Wildman–Crippen LogP) is 10.3. The van der Waals surface area contributed by atoms with Gasteiger partial charge in [-0.3, -0.25) is 9.59 Å². The van der Waals surface area contributed by atoms with Gasteiger partial charge in [-0.1, -0.05) is 179 Å². The van der Waals surface area contributed by atoms with Gasteiger partial charge in [-0.15, -0.1) is 0 Å². The van der Waals surface area contributed by atoms with Crippen molar-refractivity contribution in [1.29, 1.82) is 0 Å². The summed E-state index contributed by atoms with van der Waals surface area (Å²) < 4.78 is 0. The van der Waals surface area contributed by atoms with Gasteiger partial charge in [-0.05, 0) is 29.0 Å². The number of hydrogen-bond acceptors (Lipinski definition) is 2. The largest absolute Gasteiger partial charge is 0.289 e. The van der Waals surface area contributed by atoms with E-state index in [9.17, 15) is 9.59 Å². The summed E-state index contributed by atoms with van der Waals surface area (Å²) in [6, 6.07) is 45.0. The molecule has 0 amide bonds. The molecular weight excluding hydrogens is 512 g/mol. The first-order chi connectivity index (χ1) is 20.6. The SMILES string of the molecule is CCCCC(CC)Cc1ccccc1C(=O)c1ccc(-c2ccccc2)cc1.O=C(c1ccccc1)c1ccccc1. The summed E-state index contributed by atoms with van der Waals surface area (Å²) in [4.78, 5) is 25.0. The standard InChI is InChI=1S/C27H30O.C13H10O/c1-3-5-11-21(4-2)20-25-14-9-10-15-26(25)27(28)24-18-16-23(17-19-24)22-12-7-6-8-13-22;14-13(11-7-3-1-4-8-11)12-9-5-2-6-10-12/h6-10,12-19,21H,3-5,11,20H2,1-2H3;1-10H. The van der Waals surface area contributed by atoms with E-state index >= 15 is 0 Å². The summed E-state index contributed by atoms with van der Waals surface area (Å²) in [5.41, 5.74) is 6.57. The lowest BCUT2D eigenvalue weighted by Crippen LogP contribution is -2.10. The molecule has 0 saturated heterocycles. The minimum atomic E-state index is 0.0752. The summed E-state index contributed by atoms with van der Waals surface area (Å²) in [5.74, 6) is 0.848. The van der Waals surface area contributed by atoms with Crippen molar-refractivity contribution in [2.24, 2.45) is 5.92 Å². The highest BCUT2D eigenvalue weighted by Crippen LogP contribution is 2.24. The van der Waals surface area contributed by atoms with Crippen molar-refractivity contribution >= 4 is 11.6 Å². The third kappa shape index (κ3) is 8.47. The third-order valence-corrected chi connectivity index (χ3v) is 7.64. The first-order valence-electron chi connectivity index (χ1n) is 15.0. The third-order valence-electron chi connectivity index (χ3n) is 7.64. The Morgan fingerprint density at radius 3 is 1.55 bits per heavy atom. The van der Waals surface area contributed by atoms with E-state index in [0.29, 0.717) is 5.92 Å². The maximum Gasteiger partial charge on any atom is 0.193 e. The van der Waals surface area contributed by atoms with Crippen molar-refractivity contribution in [3.05, 3.63) is 167 Å². The van der Waals surface area contributed by atoms with Crippen molar-refractivity contribution in [1.82, 2.24) is 0 Å². The van der Waals surface area contributed by atoms with Crippen LogP contribution in [0, 0.1) is 5.92 Å². The molecule has 0 fully saturated rings. The second-order valence-corrected chi connectivity index (χ2v) is 10.6. The van der Waals surface area contributed by atoms with E-state index in [1.54, 1.807) is 0 Å². The lowest BCUT2D eigenvalue weighted by atomic mass is 9.88. The Bertz CT molecular complexity index is 1480. The summed E-state index contributed by atoms with van der Waals surface area (Å²) in [7, 11) is 0. The van der Waals surface area contributed by atoms with Crippen LogP contribution in [0.1, 0.15) is 76.9 Å². The van der Waals surface area contributed by atoms with Gasteiger partial charge < -0.3 is 0 Å². The fraction of sp³-hybridized carbons (Fsp3) is 0.200. The van der Waals surface area contributed by atoms with Crippen molar-refractivity contribution in [3.63, 3.8) is 0 Å². The minimum absolute atomic E-state index is 0.0752. The fourth-order valence-electron chi connectivity index (χ4n) is 5.12. The van der Waals surface area contributed by atoms with Crippen LogP contribution in [0.4, 0.5) is 0 Å². The second kappa shape index (κ2) is 16.0. The van der Waals surface area contributed by atoms with Gasteiger partial charge in [0.05, 0.1) is 0 Å². The van der Waals surface area contributed by atoms with Crippen LogP contribution in [-0.2, 0) is 6.42 Å². The van der Waals surface area contributed by atoms with Gasteiger partial charge in [-0.25, -0.2) is 0 Å². The van der Waals surface area contributed by atoms with Gasteiger partial charge in [0.15, 0.2) is 11.6 Å². The highest BCUT2D eigenvalue weighted by Gasteiger charge is 2.16. The molecule has 5 rings (SSSR count). The Hall–Kier alpha value is -4.56. The molecule has 5 aromatic rings. The number of unbranched alkanes of at least 4 members (excludes halogenated alkanes) is 1. The molecule has 0 aliphatic heterocycles. The van der Waals surface area contributed by atoms with E-state index in [-0.39, 0.29) is 11.6 Å². The number of ketones is 2. The lowest BCUT2D eigenvalue weighted by Gasteiger charge is -2.17. The maximum absolute atomic E-state index is 13.2. The normalized spacial score (nSPS) is 11.2. The summed E-state index contributed by atoms with van der Waals surface area (Å²) in [6.45, 7) is 4.50. The molecule has 1 atom stereocenters. The predicted molar refractivity (Wildman–Crippen MR) is 175 cm³/mol. The molecule has 0 heterocycles. The zero-order valence-electron chi connectivity index (χ0n) is 24.7. The molecule has 5 aromatic carbocycles. The minimum Gasteiger partial charge on any atom is -0.289 e. The van der Waals surface area contributed by atoms with Crippen molar-refractivity contribution in [2.45, 2.75) is 46.0 Å². The topological polar surface area (TPSA) is 34.1 Å². The molecular formula is C40H40O2. The molecule has 1 unspecified atom stereocenters. The van der Waals surface area contributed by atoms with E-state index < -0.39 is 0 Å². The van der Waals surface area contributed by atoms with Gasteiger partial charge in [0.25, 0.3) is 0 Å². The zero-order chi connectivity index (χ0) is 29.6. The Kier molecular flexibility index (Phi) is 11.6. The Morgan fingerprint density at radius 2 is 1.00 bits per heavy atom. The van der Waals surface area contributed by atoms with E-state index in [4.69, 9.17) is 0 Å². The van der Waals surface area contributed by atoms with E-state index in [1.165, 1.54) is 30.4 Å². The van der Waals surface area contributed by atoms with E-state index in [1.807, 2.05) is 115 Å². The number of carbonyl (C=O) groups excluding carboxylic acids is 2. The molecule has 0 saturated carbocycles. The Labute approximate surface area is 251 Å². The van der Waals surface area contributed by atoms with Crippen molar-refractivity contribution < 1.29 is 9.59 Å². The van der Waals surface area contributed by atoms with E-state index in [0.717, 1.165) is 40.7 Å². The molecule has 2 heteroatoms. The zero-order valence-corrected chi connectivity index (χ0v) is 24.7. The van der Waals surface area contributed by atoms with Crippen molar-refractivity contribution in [2.75, 3.05) is 0 Å². The fourth-order valence-corrected chi connectivity index (χ4v) is 5.12. The highest BCUT2D eigenvalue weighted by molar-refractivity contribution is 6.10. The van der Waals surface area contributed by atoms with Crippen LogP contribution in [0.3, 0.4) is 0 Å². The average molecular weight is 553 g/mol. The second-order valence-electron chi connectivity index (χ2n) is 10.6. The quantitative estimate of drug-likeness (QED) is 0.153. The number of rotatable bonds is 11. The van der Waals surface area contributed by atoms with Crippen LogP contribution in [0.5, 0.6) is 0 Å². The van der Waals surface area contributed by atoms with Crippen LogP contribution in [0.2, 0.25) is 0 Å². The number of benzene rings is 5. The summed E-state index contributed by atoms with van der Waals surface area (Å²) in [6.07, 6.45) is 5.87. The smallest absolute Gasteiger partial charge is 0.193 e. The molecule has 0 aliphatic carbocycles. The highest BCUT2D eigenvalue weighted by atomic mass is 16.1. The van der Waals surface area contributed by atoms with Gasteiger partial charge in [-0.2, -0.15) is 0 Å². The van der Waals surface area contributed by atoms with Gasteiger partial charge in [0.2, 0.25) is 0 Å². The molecule has 0 bridgehead atoms. The Balaban J connectivity index is 0.000000241. The molecule has 0 aromatic heterocycles. The number of hydrogen-bond donors (Lipinski definition) is 0. The monoisotopic (exact) mass is 552 g/mol. The molecule has 0 radical (unpaired) electrons. The summed E-state index contributed by atoms with van der Waals surface area (Å²) in [5, 5.41) is 0. The molecule has 212 valence electrons. The first kappa shape index (κ1) is 30.4. The molecule has 0 aliphatic rings. The Morgan fingerprint density at radius 1 is 0.524 bits per heavy atom. The molecule has 0 spiro atoms. The molecule has 42 heavy (non-hydrogen) atoms. The number of carbonyl (C=O) groups is 2. The van der Waals surface area contributed by atoms with Crippen LogP contribution in [0.15, 0.2) is 140 Å². The van der Waals surface area contributed by atoms with Crippen LogP contribution in [-0.4, -0.2) is 11.6 Å². The van der Waals surface area contributed by atoms with Gasteiger partial charge >= 0.3 is 0 Å². The molecule has 2 nitrogen and oxygen atoms in total. The van der Waals surface area contributed by atoms with E-state index in [2.05, 4.69) is 38.1 Å². The van der Waals surface area contributed by atoms with Gasteiger partial charge in [0, 0.05) is 22.3 Å². The van der Waals surface area contributed by atoms with Crippen molar-refractivity contribution in [3.8, 4) is 11.1 Å². The van der Waals surface area contributed by atoms with Crippen LogP contribution in [0.25, 0.3) is 11.1 Å². The average Bonchev–Trinajstić information content (AvgIpc) is 3.07.